The number of rotatable bonds is 13. The quantitative estimate of drug-likeness (QED) is 0.0731. The largest absolute Gasteiger partial charge is 0.417 e. The van der Waals surface area contributed by atoms with Crippen LogP contribution in [0.3, 0.4) is 0 Å². The zero-order valence-corrected chi connectivity index (χ0v) is 34.0. The molecule has 0 spiro atoms. The molecular formula is C42H40F4N12O4. The van der Waals surface area contributed by atoms with Crippen LogP contribution in [-0.4, -0.2) is 78.6 Å². The molecule has 0 radical (unpaired) electrons. The summed E-state index contributed by atoms with van der Waals surface area (Å²) in [5.74, 6) is -1.10. The summed E-state index contributed by atoms with van der Waals surface area (Å²) >= 11 is 0. The van der Waals surface area contributed by atoms with Gasteiger partial charge in [-0.15, -0.1) is 5.10 Å². The van der Waals surface area contributed by atoms with Crippen molar-refractivity contribution in [3.05, 3.63) is 89.3 Å². The average Bonchev–Trinajstić information content (AvgIpc) is 3.78. The van der Waals surface area contributed by atoms with Crippen LogP contribution < -0.4 is 25.3 Å². The van der Waals surface area contributed by atoms with E-state index in [0.29, 0.717) is 65.0 Å². The maximum atomic E-state index is 15.4. The maximum Gasteiger partial charge on any atom is 0.417 e. The molecule has 2 N–H and O–H groups in total. The van der Waals surface area contributed by atoms with Crippen molar-refractivity contribution in [1.29, 1.82) is 5.26 Å². The van der Waals surface area contributed by atoms with E-state index < -0.39 is 52.2 Å². The number of carbonyl (C=O) groups is 4. The summed E-state index contributed by atoms with van der Waals surface area (Å²) in [6.45, 7) is 7.97. The van der Waals surface area contributed by atoms with Crippen molar-refractivity contribution in [3.63, 3.8) is 0 Å². The van der Waals surface area contributed by atoms with E-state index in [1.807, 2.05) is 26.0 Å². The number of hydrogen-bond acceptors (Lipinski definition) is 11. The summed E-state index contributed by atoms with van der Waals surface area (Å²) in [5, 5.41) is 19.4. The number of pyridine rings is 1. The van der Waals surface area contributed by atoms with Gasteiger partial charge in [-0.3, -0.25) is 28.9 Å². The van der Waals surface area contributed by atoms with E-state index in [9.17, 15) is 32.3 Å². The fourth-order valence-electron chi connectivity index (χ4n) is 7.33. The summed E-state index contributed by atoms with van der Waals surface area (Å²) < 4.78 is 58.0. The Morgan fingerprint density at radius 3 is 2.44 bits per heavy atom. The fraction of sp³-hybridized carbons (Fsp3) is 0.333. The van der Waals surface area contributed by atoms with Crippen molar-refractivity contribution in [2.24, 2.45) is 0 Å². The second-order valence-electron chi connectivity index (χ2n) is 15.1. The molecule has 5 heterocycles. The number of unbranched alkanes of at least 4 members (excludes halogenated alkanes) is 3. The van der Waals surface area contributed by atoms with Gasteiger partial charge >= 0.3 is 12.2 Å². The number of likely N-dealkylation sites (N-methyl/N-ethyl adjacent to an activating group) is 1. The minimum atomic E-state index is -4.93. The van der Waals surface area contributed by atoms with Crippen molar-refractivity contribution in [1.82, 2.24) is 35.0 Å². The number of alkyl halides is 3. The molecule has 2 aliphatic rings. The minimum absolute atomic E-state index is 0.0774. The summed E-state index contributed by atoms with van der Waals surface area (Å²) in [6.07, 6.45) is 1.32. The van der Waals surface area contributed by atoms with E-state index in [0.717, 1.165) is 47.9 Å². The van der Waals surface area contributed by atoms with E-state index in [-0.39, 0.29) is 30.2 Å². The molecule has 0 bridgehead atoms. The van der Waals surface area contributed by atoms with Crippen LogP contribution in [0.4, 0.5) is 45.4 Å². The highest BCUT2D eigenvalue weighted by atomic mass is 19.4. The summed E-state index contributed by atoms with van der Waals surface area (Å²) in [7, 11) is 0. The first-order chi connectivity index (χ1) is 29.5. The van der Waals surface area contributed by atoms with E-state index in [2.05, 4.69) is 25.7 Å². The van der Waals surface area contributed by atoms with E-state index in [4.69, 9.17) is 15.2 Å². The Morgan fingerprint density at radius 2 is 1.73 bits per heavy atom. The fourth-order valence-corrected chi connectivity index (χ4v) is 7.33. The van der Waals surface area contributed by atoms with Crippen molar-refractivity contribution >= 4 is 46.8 Å². The standard InChI is InChI=1S/C42H40F4N12O4/c1-5-56-34(59)22-50-36-37(56)53-33(21-49-36)28-14-15-32(52-24(28)2)35-51-23-55(54-35)17-9-7-6-8-16-48-38(60)29-13-12-27(19-31(29)43)58-40(62)57(39(61)41(58,3)4)26-11-10-25(20-47)30(18-26)42(44,45)46/h10-15,18-19,21,23H,5-9,16-17,22H2,1-4H3,(H,48,60)(H,49,50). The normalized spacial score (nSPS) is 14.8. The Bertz CT molecular complexity index is 2640. The number of imide groups is 1. The molecular weight excluding hydrogens is 813 g/mol. The Balaban J connectivity index is 0.885. The van der Waals surface area contributed by atoms with Gasteiger partial charge in [0.25, 0.3) is 11.8 Å². The number of halogens is 4. The molecule has 7 rings (SSSR count). The maximum absolute atomic E-state index is 15.4. The molecule has 62 heavy (non-hydrogen) atoms. The lowest BCUT2D eigenvalue weighted by Crippen LogP contribution is -2.44. The SMILES string of the molecule is CCN1C(=O)CNc2ncc(-c3ccc(-c4ncn(CCCCCCNC(=O)c5ccc(N6C(=O)N(c7ccc(C#N)c(C(F)(F)F)c7)C(=O)C6(C)C)cc5F)n4)nc3C)nc21. The smallest absolute Gasteiger partial charge is 0.358 e. The second-order valence-corrected chi connectivity index (χ2v) is 15.1. The number of fused-ring (bicyclic) bond motifs is 1. The van der Waals surface area contributed by atoms with Gasteiger partial charge in [-0.05, 0) is 89.1 Å². The second kappa shape index (κ2) is 17.0. The number of carbonyl (C=O) groups excluding carboxylic acids is 4. The van der Waals surface area contributed by atoms with Gasteiger partial charge in [0, 0.05) is 36.6 Å². The first kappa shape index (κ1) is 42.8. The van der Waals surface area contributed by atoms with Gasteiger partial charge < -0.3 is 10.6 Å². The predicted molar refractivity (Wildman–Crippen MR) is 218 cm³/mol. The van der Waals surface area contributed by atoms with Crippen molar-refractivity contribution in [3.8, 4) is 28.8 Å². The summed E-state index contributed by atoms with van der Waals surface area (Å²) in [5.41, 5.74) is -1.78. The van der Waals surface area contributed by atoms with Gasteiger partial charge in [-0.2, -0.15) is 18.4 Å². The number of benzene rings is 2. The van der Waals surface area contributed by atoms with Crippen LogP contribution in [0.25, 0.3) is 22.8 Å². The number of nitriles is 1. The molecule has 0 unspecified atom stereocenters. The van der Waals surface area contributed by atoms with Crippen LogP contribution in [-0.2, 0) is 22.3 Å². The van der Waals surface area contributed by atoms with Crippen LogP contribution in [0.5, 0.6) is 0 Å². The molecule has 2 aliphatic heterocycles. The van der Waals surface area contributed by atoms with Crippen LogP contribution in [0.1, 0.15) is 73.6 Å². The van der Waals surface area contributed by atoms with Gasteiger partial charge in [-0.1, -0.05) is 12.8 Å². The molecule has 0 atom stereocenters. The van der Waals surface area contributed by atoms with Crippen molar-refractivity contribution < 1.29 is 36.7 Å². The van der Waals surface area contributed by atoms with Crippen molar-refractivity contribution in [2.75, 3.05) is 39.7 Å². The number of hydrogen-bond donors (Lipinski definition) is 2. The monoisotopic (exact) mass is 852 g/mol. The molecule has 0 aliphatic carbocycles. The Morgan fingerprint density at radius 1 is 0.968 bits per heavy atom. The molecule has 0 saturated carbocycles. The van der Waals surface area contributed by atoms with Crippen molar-refractivity contribution in [2.45, 2.75) is 71.6 Å². The van der Waals surface area contributed by atoms with Crippen LogP contribution in [0.2, 0.25) is 0 Å². The molecule has 16 nitrogen and oxygen atoms in total. The zero-order valence-electron chi connectivity index (χ0n) is 34.0. The Hall–Kier alpha value is -7.30. The van der Waals surface area contributed by atoms with Crippen LogP contribution >= 0.6 is 0 Å². The highest BCUT2D eigenvalue weighted by Gasteiger charge is 2.53. The topological polar surface area (TPSA) is 195 Å². The van der Waals surface area contributed by atoms with Gasteiger partial charge in [0.2, 0.25) is 5.91 Å². The molecule has 20 heteroatoms. The average molecular weight is 853 g/mol. The molecule has 5 aromatic rings. The third-order valence-corrected chi connectivity index (χ3v) is 10.6. The molecule has 320 valence electrons. The van der Waals surface area contributed by atoms with E-state index in [1.54, 1.807) is 22.1 Å². The first-order valence-corrected chi connectivity index (χ1v) is 19.7. The number of nitrogens with one attached hydrogen (secondary N) is 2. The van der Waals surface area contributed by atoms with Crippen LogP contribution in [0.15, 0.2) is 61.1 Å². The highest BCUT2D eigenvalue weighted by molar-refractivity contribution is 6.30. The highest BCUT2D eigenvalue weighted by Crippen LogP contribution is 2.40. The van der Waals surface area contributed by atoms with Gasteiger partial charge in [0.05, 0.1) is 46.9 Å². The van der Waals surface area contributed by atoms with E-state index in [1.165, 1.54) is 32.0 Å². The molecule has 5 amide bonds. The molecule has 3 aromatic heterocycles. The van der Waals surface area contributed by atoms with E-state index >= 15 is 4.39 Å². The summed E-state index contributed by atoms with van der Waals surface area (Å²) in [6, 6.07) is 9.96. The lowest BCUT2D eigenvalue weighted by molar-refractivity contribution is -0.137. The number of amides is 5. The summed E-state index contributed by atoms with van der Waals surface area (Å²) in [4.78, 5) is 73.5. The number of aromatic nitrogens is 6. The molecule has 1 saturated heterocycles. The predicted octanol–water partition coefficient (Wildman–Crippen LogP) is 6.66. The number of aryl methyl sites for hydroxylation is 2. The minimum Gasteiger partial charge on any atom is -0.358 e. The molecule has 1 fully saturated rings. The lowest BCUT2D eigenvalue weighted by Gasteiger charge is -2.28. The number of anilines is 4. The van der Waals surface area contributed by atoms with Gasteiger partial charge in [-0.25, -0.2) is 34.0 Å². The number of nitrogens with zero attached hydrogens (tertiary/aromatic N) is 10. The Labute approximate surface area is 352 Å². The first-order valence-electron chi connectivity index (χ1n) is 19.7. The number of urea groups is 1. The zero-order chi connectivity index (χ0) is 44.5. The lowest BCUT2D eigenvalue weighted by atomic mass is 10.0. The van der Waals surface area contributed by atoms with Crippen LogP contribution in [0, 0.1) is 24.1 Å². The molecule has 2 aromatic carbocycles. The van der Waals surface area contributed by atoms with Gasteiger partial charge in [0.1, 0.15) is 23.4 Å². The Kier molecular flexibility index (Phi) is 11.7. The van der Waals surface area contributed by atoms with Gasteiger partial charge in [0.15, 0.2) is 17.5 Å². The third-order valence-electron chi connectivity index (χ3n) is 10.6. The third kappa shape index (κ3) is 8.25.